The van der Waals surface area contributed by atoms with Crippen LogP contribution in [0.5, 0.6) is 0 Å². The van der Waals surface area contributed by atoms with Crippen molar-refractivity contribution in [3.8, 4) is 0 Å². The number of aliphatic carboxylic acids is 1. The fourth-order valence-electron chi connectivity index (χ4n) is 0.758. The fourth-order valence-corrected chi connectivity index (χ4v) is 0.758. The summed E-state index contributed by atoms with van der Waals surface area (Å²) in [4.78, 5) is 12.0. The minimum Gasteiger partial charge on any atom is -0.481 e. The molecule has 0 aliphatic rings. The molecular weight excluding hydrogens is 292 g/mol. The molecule has 0 aromatic carbocycles. The van der Waals surface area contributed by atoms with Crippen molar-refractivity contribution < 1.29 is 9.90 Å². The highest BCUT2D eigenvalue weighted by Crippen LogP contribution is 1.88. The summed E-state index contributed by atoms with van der Waals surface area (Å²) >= 11 is 0. The first-order chi connectivity index (χ1) is 4.52. The molecule has 0 aromatic rings. The molecule has 0 aliphatic heterocycles. The summed E-state index contributed by atoms with van der Waals surface area (Å²) in [6.07, 6.45) is 0.0399. The predicted octanol–water partition coefficient (Wildman–Crippen LogP) is 0.506. The molecule has 12 heavy (non-hydrogen) atoms. The molecule has 4 nitrogen and oxygen atoms in total. The number of hydrogen-bond donors (Lipinski definition) is 2. The SMILES string of the molecule is Br.Br.CN(C)CC(N)CC(=O)O. The zero-order valence-corrected chi connectivity index (χ0v) is 10.6. The van der Waals surface area contributed by atoms with E-state index >= 15 is 0 Å². The number of carbonyl (C=O) groups is 1. The van der Waals surface area contributed by atoms with Crippen LogP contribution in [0.4, 0.5) is 0 Å². The molecule has 0 rings (SSSR count). The Morgan fingerprint density at radius 3 is 2.17 bits per heavy atom. The van der Waals surface area contributed by atoms with E-state index in [1.54, 1.807) is 0 Å². The molecule has 0 bridgehead atoms. The molecule has 0 aromatic heterocycles. The highest BCUT2D eigenvalue weighted by Gasteiger charge is 2.07. The molecule has 0 fully saturated rings. The standard InChI is InChI=1S/C6H14N2O2.2BrH/c1-8(2)4-5(7)3-6(9)10;;/h5H,3-4,7H2,1-2H3,(H,9,10);2*1H. The van der Waals surface area contributed by atoms with Crippen LogP contribution in [0, 0.1) is 0 Å². The molecule has 0 spiro atoms. The highest BCUT2D eigenvalue weighted by molar-refractivity contribution is 8.93. The van der Waals surface area contributed by atoms with Gasteiger partial charge in [0.1, 0.15) is 0 Å². The van der Waals surface area contributed by atoms with Crippen LogP contribution in [-0.2, 0) is 4.79 Å². The monoisotopic (exact) mass is 306 g/mol. The lowest BCUT2D eigenvalue weighted by Crippen LogP contribution is -2.34. The summed E-state index contributed by atoms with van der Waals surface area (Å²) in [5.74, 6) is -0.839. The maximum Gasteiger partial charge on any atom is 0.304 e. The van der Waals surface area contributed by atoms with Crippen molar-refractivity contribution in [2.24, 2.45) is 5.73 Å². The first-order valence-corrected chi connectivity index (χ1v) is 3.14. The number of rotatable bonds is 4. The van der Waals surface area contributed by atoms with Crippen molar-refractivity contribution in [1.29, 1.82) is 0 Å². The average Bonchev–Trinajstić information content (AvgIpc) is 1.58. The maximum atomic E-state index is 10.1. The van der Waals surface area contributed by atoms with Gasteiger partial charge in [0, 0.05) is 12.6 Å². The minimum absolute atomic E-state index is 0. The van der Waals surface area contributed by atoms with E-state index in [1.165, 1.54) is 0 Å². The van der Waals surface area contributed by atoms with Gasteiger partial charge >= 0.3 is 5.97 Å². The van der Waals surface area contributed by atoms with Crippen LogP contribution in [0.25, 0.3) is 0 Å². The number of likely N-dealkylation sites (N-methyl/N-ethyl adjacent to an activating group) is 1. The van der Waals surface area contributed by atoms with E-state index in [2.05, 4.69) is 0 Å². The van der Waals surface area contributed by atoms with E-state index in [-0.39, 0.29) is 46.4 Å². The average molecular weight is 308 g/mol. The molecule has 0 heterocycles. The van der Waals surface area contributed by atoms with Gasteiger partial charge in [0.15, 0.2) is 0 Å². The van der Waals surface area contributed by atoms with Crippen molar-refractivity contribution >= 4 is 39.9 Å². The van der Waals surface area contributed by atoms with E-state index in [0.717, 1.165) is 0 Å². The third-order valence-electron chi connectivity index (χ3n) is 1.04. The van der Waals surface area contributed by atoms with Crippen LogP contribution in [0.2, 0.25) is 0 Å². The van der Waals surface area contributed by atoms with Crippen LogP contribution >= 0.6 is 34.0 Å². The normalized spacial score (nSPS) is 11.3. The van der Waals surface area contributed by atoms with Crippen molar-refractivity contribution in [3.63, 3.8) is 0 Å². The van der Waals surface area contributed by atoms with Gasteiger partial charge in [-0.3, -0.25) is 4.79 Å². The first kappa shape index (κ1) is 18.2. The molecule has 76 valence electrons. The Hall–Kier alpha value is 0.350. The summed E-state index contributed by atoms with van der Waals surface area (Å²) in [5.41, 5.74) is 5.45. The van der Waals surface area contributed by atoms with Crippen LogP contribution in [0.3, 0.4) is 0 Å². The molecule has 0 aliphatic carbocycles. The Morgan fingerprint density at radius 2 is 1.92 bits per heavy atom. The van der Waals surface area contributed by atoms with Crippen LogP contribution in [-0.4, -0.2) is 42.7 Å². The zero-order valence-electron chi connectivity index (χ0n) is 7.19. The third-order valence-corrected chi connectivity index (χ3v) is 1.04. The second kappa shape index (κ2) is 9.44. The predicted molar refractivity (Wildman–Crippen MR) is 59.4 cm³/mol. The van der Waals surface area contributed by atoms with Crippen molar-refractivity contribution in [3.05, 3.63) is 0 Å². The van der Waals surface area contributed by atoms with Crippen molar-refractivity contribution in [2.45, 2.75) is 12.5 Å². The second-order valence-corrected chi connectivity index (χ2v) is 2.62. The van der Waals surface area contributed by atoms with Gasteiger partial charge < -0.3 is 15.7 Å². The lowest BCUT2D eigenvalue weighted by atomic mass is 10.2. The van der Waals surface area contributed by atoms with Crippen molar-refractivity contribution in [1.82, 2.24) is 4.90 Å². The Morgan fingerprint density at radius 1 is 1.50 bits per heavy atom. The summed E-state index contributed by atoms with van der Waals surface area (Å²) < 4.78 is 0. The molecule has 1 unspecified atom stereocenters. The van der Waals surface area contributed by atoms with E-state index < -0.39 is 5.97 Å². The van der Waals surface area contributed by atoms with Crippen molar-refractivity contribution in [2.75, 3.05) is 20.6 Å². The smallest absolute Gasteiger partial charge is 0.304 e. The summed E-state index contributed by atoms with van der Waals surface area (Å²) in [6.45, 7) is 0.617. The number of nitrogens with two attached hydrogens (primary N) is 1. The van der Waals surface area contributed by atoms with E-state index in [4.69, 9.17) is 10.8 Å². The Balaban J connectivity index is -0.000000405. The first-order valence-electron chi connectivity index (χ1n) is 3.14. The summed E-state index contributed by atoms with van der Waals surface area (Å²) in [5, 5.41) is 8.30. The second-order valence-electron chi connectivity index (χ2n) is 2.62. The maximum absolute atomic E-state index is 10.1. The van der Waals surface area contributed by atoms with Gasteiger partial charge in [0.05, 0.1) is 6.42 Å². The summed E-state index contributed by atoms with van der Waals surface area (Å²) in [6, 6.07) is -0.257. The lowest BCUT2D eigenvalue weighted by Gasteiger charge is -2.14. The number of hydrogen-bond acceptors (Lipinski definition) is 3. The van der Waals surface area contributed by atoms with Gasteiger partial charge in [-0.05, 0) is 14.1 Å². The topological polar surface area (TPSA) is 66.6 Å². The fraction of sp³-hybridized carbons (Fsp3) is 0.833. The van der Waals surface area contributed by atoms with E-state index in [1.807, 2.05) is 19.0 Å². The Kier molecular flexibility index (Phi) is 14.3. The minimum atomic E-state index is -0.839. The largest absolute Gasteiger partial charge is 0.481 e. The van der Waals surface area contributed by atoms with Gasteiger partial charge in [-0.2, -0.15) is 0 Å². The molecule has 0 amide bonds. The van der Waals surface area contributed by atoms with E-state index in [9.17, 15) is 4.79 Å². The number of nitrogens with zero attached hydrogens (tertiary/aromatic N) is 1. The molecule has 0 radical (unpaired) electrons. The molecule has 6 heteroatoms. The quantitative estimate of drug-likeness (QED) is 0.794. The van der Waals surface area contributed by atoms with Gasteiger partial charge in [-0.25, -0.2) is 0 Å². The zero-order chi connectivity index (χ0) is 8.15. The number of carboxylic acids is 1. The molecular formula is C6H16Br2N2O2. The van der Waals surface area contributed by atoms with Gasteiger partial charge in [-0.1, -0.05) is 0 Å². The molecule has 3 N–H and O–H groups in total. The Labute approximate surface area is 93.6 Å². The van der Waals surface area contributed by atoms with Gasteiger partial charge in [0.25, 0.3) is 0 Å². The molecule has 0 saturated carbocycles. The molecule has 0 saturated heterocycles. The van der Waals surface area contributed by atoms with E-state index in [0.29, 0.717) is 6.54 Å². The number of carboxylic acid groups (broad SMARTS) is 1. The van der Waals surface area contributed by atoms with Gasteiger partial charge in [0.2, 0.25) is 0 Å². The highest BCUT2D eigenvalue weighted by atomic mass is 79.9. The number of halogens is 2. The summed E-state index contributed by atoms with van der Waals surface area (Å²) in [7, 11) is 3.73. The Bertz CT molecular complexity index is 122. The van der Waals surface area contributed by atoms with Crippen LogP contribution in [0.15, 0.2) is 0 Å². The van der Waals surface area contributed by atoms with Crippen LogP contribution in [0.1, 0.15) is 6.42 Å². The van der Waals surface area contributed by atoms with Crippen LogP contribution < -0.4 is 5.73 Å². The van der Waals surface area contributed by atoms with Gasteiger partial charge in [-0.15, -0.1) is 34.0 Å². The lowest BCUT2D eigenvalue weighted by molar-refractivity contribution is -0.137. The molecule has 1 atom stereocenters. The third kappa shape index (κ3) is 13.0.